The second-order valence-electron chi connectivity index (χ2n) is 2.38. The van der Waals surface area contributed by atoms with Crippen LogP contribution in [-0.2, 0) is 4.74 Å². The average Bonchev–Trinajstić information content (AvgIpc) is 2.16. The Labute approximate surface area is 79.4 Å². The van der Waals surface area contributed by atoms with Crippen LogP contribution in [0.3, 0.4) is 0 Å². The van der Waals surface area contributed by atoms with Gasteiger partial charge in [0, 0.05) is 8.58 Å². The first-order chi connectivity index (χ1) is 6.33. The molecular weight excluding hydrogens is 183 g/mol. The summed E-state index contributed by atoms with van der Waals surface area (Å²) < 4.78 is 4.85. The van der Waals surface area contributed by atoms with Crippen LogP contribution in [0.5, 0.6) is 0 Å². The van der Waals surface area contributed by atoms with Gasteiger partial charge in [0.1, 0.15) is 6.61 Å². The quantitative estimate of drug-likeness (QED) is 0.543. The molecule has 0 heterocycles. The Morgan fingerprint density at radius 2 is 2.15 bits per heavy atom. The van der Waals surface area contributed by atoms with Crippen molar-refractivity contribution in [3.05, 3.63) is 43.0 Å². The van der Waals surface area contributed by atoms with E-state index in [1.54, 1.807) is 6.08 Å². The zero-order valence-electron chi connectivity index (χ0n) is 7.19. The Kier molecular flexibility index (Phi) is 4.20. The summed E-state index contributed by atoms with van der Waals surface area (Å²) in [5.74, 6) is 0. The fourth-order valence-electron chi connectivity index (χ4n) is 0.810. The van der Waals surface area contributed by atoms with Gasteiger partial charge in [0.25, 0.3) is 0 Å². The minimum atomic E-state index is -0.189. The molecule has 0 aromatic heterocycles. The third-order valence-corrected chi connectivity index (χ3v) is 2.32. The highest BCUT2D eigenvalue weighted by atomic mass is 31.1. The molecule has 0 aliphatic rings. The number of hydrogen-bond donors (Lipinski definition) is 0. The summed E-state index contributed by atoms with van der Waals surface area (Å²) in [6, 6.07) is 9.55. The van der Waals surface area contributed by atoms with E-state index in [1.165, 1.54) is 0 Å². The highest BCUT2D eigenvalue weighted by Crippen LogP contribution is 2.12. The minimum absolute atomic E-state index is 0.0792. The van der Waals surface area contributed by atoms with Crippen LogP contribution in [0.15, 0.2) is 43.0 Å². The first-order valence-corrected chi connectivity index (χ1v) is 4.92. The van der Waals surface area contributed by atoms with Gasteiger partial charge in [-0.25, -0.2) is 4.79 Å². The van der Waals surface area contributed by atoms with E-state index in [-0.39, 0.29) is 14.3 Å². The van der Waals surface area contributed by atoms with Gasteiger partial charge in [0.2, 0.25) is 0 Å². The summed E-state index contributed by atoms with van der Waals surface area (Å²) in [4.78, 5) is 11.1. The van der Waals surface area contributed by atoms with Crippen LogP contribution < -0.4 is 5.30 Å². The number of ether oxygens (including phenoxy) is 1. The van der Waals surface area contributed by atoms with Gasteiger partial charge in [-0.1, -0.05) is 43.0 Å². The molecule has 0 aliphatic carbocycles. The monoisotopic (exact) mass is 194 g/mol. The smallest absolute Gasteiger partial charge is 0.327 e. The Morgan fingerprint density at radius 3 is 2.77 bits per heavy atom. The lowest BCUT2D eigenvalue weighted by atomic mass is 10.4. The van der Waals surface area contributed by atoms with Gasteiger partial charge < -0.3 is 4.74 Å². The maximum atomic E-state index is 11.1. The average molecular weight is 194 g/mol. The number of benzene rings is 1. The molecule has 1 aromatic carbocycles. The van der Waals surface area contributed by atoms with Gasteiger partial charge in [-0.05, 0) is 5.30 Å². The Morgan fingerprint density at radius 1 is 1.46 bits per heavy atom. The number of hydrogen-bond acceptors (Lipinski definition) is 2. The zero-order chi connectivity index (χ0) is 9.52. The summed E-state index contributed by atoms with van der Waals surface area (Å²) in [7, 11) is 0.0792. The Hall–Kier alpha value is -1.14. The van der Waals surface area contributed by atoms with Crippen molar-refractivity contribution in [1.82, 2.24) is 0 Å². The number of carbonyl (C=O) groups excluding carboxylic acids is 1. The number of carbonyl (C=O) groups is 1. The van der Waals surface area contributed by atoms with E-state index in [0.717, 1.165) is 5.30 Å². The van der Waals surface area contributed by atoms with Gasteiger partial charge in [0.15, 0.2) is 0 Å². The largest absolute Gasteiger partial charge is 0.458 e. The fraction of sp³-hybridized carbons (Fsp3) is 0.100. The molecule has 13 heavy (non-hydrogen) atoms. The molecule has 1 rings (SSSR count). The maximum absolute atomic E-state index is 11.1. The highest BCUT2D eigenvalue weighted by molar-refractivity contribution is 7.64. The molecule has 3 heteroatoms. The molecule has 0 bridgehead atoms. The molecule has 2 nitrogen and oxygen atoms in total. The Balaban J connectivity index is 2.41. The fourth-order valence-corrected chi connectivity index (χ4v) is 1.56. The lowest BCUT2D eigenvalue weighted by Gasteiger charge is -2.00. The molecule has 0 amide bonds. The third kappa shape index (κ3) is 3.86. The van der Waals surface area contributed by atoms with Crippen molar-refractivity contribution in [3.8, 4) is 0 Å². The molecule has 68 valence electrons. The molecule has 1 atom stereocenters. The molecule has 0 radical (unpaired) electrons. The first kappa shape index (κ1) is 9.94. The predicted molar refractivity (Wildman–Crippen MR) is 55.9 cm³/mol. The van der Waals surface area contributed by atoms with E-state index in [2.05, 4.69) is 6.58 Å². The van der Waals surface area contributed by atoms with Crippen LogP contribution in [0.4, 0.5) is 4.79 Å². The second kappa shape index (κ2) is 5.50. The minimum Gasteiger partial charge on any atom is -0.458 e. The van der Waals surface area contributed by atoms with E-state index < -0.39 is 0 Å². The summed E-state index contributed by atoms with van der Waals surface area (Å²) in [6.07, 6.45) is 1.56. The highest BCUT2D eigenvalue weighted by Gasteiger charge is 2.01. The molecular formula is C10H11O2P. The second-order valence-corrected chi connectivity index (χ2v) is 3.61. The summed E-state index contributed by atoms with van der Waals surface area (Å²) in [5.41, 5.74) is -0.189. The van der Waals surface area contributed by atoms with E-state index in [1.807, 2.05) is 30.3 Å². The maximum Gasteiger partial charge on any atom is 0.327 e. The standard InChI is InChI=1S/C10H11O2P/c1-2-8-12-10(11)13-9-6-4-3-5-7-9/h2-7,13H,1,8H2. The van der Waals surface area contributed by atoms with Gasteiger partial charge in [-0.15, -0.1) is 0 Å². The van der Waals surface area contributed by atoms with Gasteiger partial charge >= 0.3 is 5.71 Å². The van der Waals surface area contributed by atoms with Crippen LogP contribution in [0.1, 0.15) is 0 Å². The molecule has 0 spiro atoms. The lowest BCUT2D eigenvalue weighted by Crippen LogP contribution is -2.01. The molecule has 1 aromatic rings. The topological polar surface area (TPSA) is 26.3 Å². The zero-order valence-corrected chi connectivity index (χ0v) is 8.19. The van der Waals surface area contributed by atoms with Crippen LogP contribution in [-0.4, -0.2) is 12.3 Å². The Bertz CT molecular complexity index is 282. The van der Waals surface area contributed by atoms with Crippen molar-refractivity contribution in [3.63, 3.8) is 0 Å². The normalized spacial score (nSPS) is 10.2. The molecule has 0 fully saturated rings. The van der Waals surface area contributed by atoms with Crippen LogP contribution in [0.2, 0.25) is 0 Å². The van der Waals surface area contributed by atoms with Crippen LogP contribution >= 0.6 is 8.58 Å². The first-order valence-electron chi connectivity index (χ1n) is 3.92. The van der Waals surface area contributed by atoms with E-state index >= 15 is 0 Å². The summed E-state index contributed by atoms with van der Waals surface area (Å²) in [6.45, 7) is 3.76. The van der Waals surface area contributed by atoms with E-state index in [0.29, 0.717) is 6.61 Å². The van der Waals surface area contributed by atoms with Crippen LogP contribution in [0, 0.1) is 0 Å². The van der Waals surface area contributed by atoms with E-state index in [4.69, 9.17) is 4.74 Å². The van der Waals surface area contributed by atoms with Crippen molar-refractivity contribution in [2.75, 3.05) is 6.61 Å². The molecule has 0 aliphatic heterocycles. The van der Waals surface area contributed by atoms with Gasteiger partial charge in [-0.3, -0.25) is 0 Å². The summed E-state index contributed by atoms with van der Waals surface area (Å²) in [5, 5.41) is 0.997. The van der Waals surface area contributed by atoms with Crippen molar-refractivity contribution < 1.29 is 9.53 Å². The van der Waals surface area contributed by atoms with Crippen molar-refractivity contribution >= 4 is 19.6 Å². The predicted octanol–water partition coefficient (Wildman–Crippen LogP) is 2.31. The van der Waals surface area contributed by atoms with Gasteiger partial charge in [-0.2, -0.15) is 0 Å². The summed E-state index contributed by atoms with van der Waals surface area (Å²) >= 11 is 0. The van der Waals surface area contributed by atoms with E-state index in [9.17, 15) is 4.79 Å². The van der Waals surface area contributed by atoms with Crippen molar-refractivity contribution in [2.24, 2.45) is 0 Å². The van der Waals surface area contributed by atoms with Gasteiger partial charge in [0.05, 0.1) is 0 Å². The molecule has 0 N–H and O–H groups in total. The molecule has 1 unspecified atom stereocenters. The lowest BCUT2D eigenvalue weighted by molar-refractivity contribution is 0.187. The third-order valence-electron chi connectivity index (χ3n) is 1.35. The van der Waals surface area contributed by atoms with Crippen LogP contribution in [0.25, 0.3) is 0 Å². The van der Waals surface area contributed by atoms with Crippen molar-refractivity contribution in [1.29, 1.82) is 0 Å². The number of rotatable bonds is 4. The SMILES string of the molecule is C=CCOC(=O)Pc1ccccc1. The molecule has 0 saturated carbocycles. The molecule has 0 saturated heterocycles. The van der Waals surface area contributed by atoms with Crippen molar-refractivity contribution in [2.45, 2.75) is 0 Å².